The van der Waals surface area contributed by atoms with Crippen LogP contribution in [0.25, 0.3) is 22.0 Å². The number of hydrogen-bond acceptors (Lipinski definition) is 3. The lowest BCUT2D eigenvalue weighted by molar-refractivity contribution is 0.0695. The van der Waals surface area contributed by atoms with E-state index in [-0.39, 0.29) is 23.0 Å². The van der Waals surface area contributed by atoms with Gasteiger partial charge < -0.3 is 9.67 Å². The van der Waals surface area contributed by atoms with Gasteiger partial charge >= 0.3 is 5.97 Å². The minimum Gasteiger partial charge on any atom is -0.477 e. The van der Waals surface area contributed by atoms with Crippen molar-refractivity contribution < 1.29 is 18.7 Å². The highest BCUT2D eigenvalue weighted by molar-refractivity contribution is 5.92. The maximum Gasteiger partial charge on any atom is 0.341 e. The zero-order valence-corrected chi connectivity index (χ0v) is 15.3. The number of rotatable bonds is 4. The van der Waals surface area contributed by atoms with Crippen molar-refractivity contribution in [1.82, 2.24) is 14.3 Å². The smallest absolute Gasteiger partial charge is 0.341 e. The Kier molecular flexibility index (Phi) is 4.46. The van der Waals surface area contributed by atoms with Gasteiger partial charge in [0.2, 0.25) is 5.43 Å². The SMILES string of the molecule is Cn1cc(-c2ccc(Cn3cc(C(=O)O)c(=O)c4c(F)cccc43)c(F)c2)cn1. The Labute approximate surface area is 163 Å². The van der Waals surface area contributed by atoms with E-state index in [1.807, 2.05) is 0 Å². The first-order valence-corrected chi connectivity index (χ1v) is 8.67. The Morgan fingerprint density at radius 2 is 1.90 bits per heavy atom. The van der Waals surface area contributed by atoms with Gasteiger partial charge in [0.1, 0.15) is 17.2 Å². The third-order valence-electron chi connectivity index (χ3n) is 4.72. The molecule has 0 saturated heterocycles. The molecule has 29 heavy (non-hydrogen) atoms. The summed E-state index contributed by atoms with van der Waals surface area (Å²) in [6, 6.07) is 8.64. The second-order valence-electron chi connectivity index (χ2n) is 6.65. The number of hydrogen-bond donors (Lipinski definition) is 1. The van der Waals surface area contributed by atoms with E-state index in [4.69, 9.17) is 0 Å². The van der Waals surface area contributed by atoms with Crippen LogP contribution in [0.1, 0.15) is 15.9 Å². The van der Waals surface area contributed by atoms with Crippen LogP contribution in [0.3, 0.4) is 0 Å². The average molecular weight is 395 g/mol. The van der Waals surface area contributed by atoms with E-state index in [2.05, 4.69) is 5.10 Å². The molecule has 0 fully saturated rings. The van der Waals surface area contributed by atoms with Crippen molar-refractivity contribution in [2.45, 2.75) is 6.54 Å². The van der Waals surface area contributed by atoms with Crippen LogP contribution >= 0.6 is 0 Å². The van der Waals surface area contributed by atoms with Crippen LogP contribution in [0.15, 0.2) is 59.8 Å². The fourth-order valence-corrected chi connectivity index (χ4v) is 3.29. The predicted molar refractivity (Wildman–Crippen MR) is 103 cm³/mol. The van der Waals surface area contributed by atoms with Crippen molar-refractivity contribution in [3.05, 3.63) is 88.0 Å². The molecule has 4 aromatic rings. The van der Waals surface area contributed by atoms with E-state index in [0.717, 1.165) is 17.8 Å². The van der Waals surface area contributed by atoms with E-state index >= 15 is 0 Å². The summed E-state index contributed by atoms with van der Waals surface area (Å²) in [5.41, 5.74) is 0.367. The number of nitrogens with zero attached hydrogens (tertiary/aromatic N) is 3. The second-order valence-corrected chi connectivity index (χ2v) is 6.65. The summed E-state index contributed by atoms with van der Waals surface area (Å²) in [7, 11) is 1.76. The van der Waals surface area contributed by atoms with E-state index in [1.54, 1.807) is 36.3 Å². The van der Waals surface area contributed by atoms with Crippen LogP contribution in [-0.4, -0.2) is 25.4 Å². The van der Waals surface area contributed by atoms with Crippen molar-refractivity contribution in [3.63, 3.8) is 0 Å². The molecule has 2 heterocycles. The molecule has 0 spiro atoms. The van der Waals surface area contributed by atoms with E-state index in [0.29, 0.717) is 5.56 Å². The molecule has 2 aromatic carbocycles. The van der Waals surface area contributed by atoms with Crippen LogP contribution in [0.5, 0.6) is 0 Å². The summed E-state index contributed by atoms with van der Waals surface area (Å²) in [6.07, 6.45) is 4.48. The second kappa shape index (κ2) is 6.97. The van der Waals surface area contributed by atoms with Gasteiger partial charge in [-0.05, 0) is 23.8 Å². The Balaban J connectivity index is 1.82. The molecule has 0 amide bonds. The number of carbonyl (C=O) groups is 1. The summed E-state index contributed by atoms with van der Waals surface area (Å²) >= 11 is 0. The van der Waals surface area contributed by atoms with Gasteiger partial charge in [0.25, 0.3) is 0 Å². The van der Waals surface area contributed by atoms with E-state index in [1.165, 1.54) is 22.8 Å². The minimum atomic E-state index is -1.47. The molecular weight excluding hydrogens is 380 g/mol. The van der Waals surface area contributed by atoms with E-state index < -0.39 is 28.6 Å². The Morgan fingerprint density at radius 1 is 1.10 bits per heavy atom. The normalized spacial score (nSPS) is 11.1. The highest BCUT2D eigenvalue weighted by atomic mass is 19.1. The van der Waals surface area contributed by atoms with Crippen molar-refractivity contribution in [2.24, 2.45) is 7.05 Å². The highest BCUT2D eigenvalue weighted by Crippen LogP contribution is 2.23. The number of pyridine rings is 1. The molecule has 6 nitrogen and oxygen atoms in total. The molecule has 0 radical (unpaired) electrons. The summed E-state index contributed by atoms with van der Waals surface area (Å²) in [6.45, 7) is -0.0698. The minimum absolute atomic E-state index is 0.0698. The first kappa shape index (κ1) is 18.5. The molecule has 0 aliphatic heterocycles. The monoisotopic (exact) mass is 395 g/mol. The fourth-order valence-electron chi connectivity index (χ4n) is 3.29. The maximum absolute atomic E-state index is 14.8. The van der Waals surface area contributed by atoms with Gasteiger partial charge in [-0.3, -0.25) is 9.48 Å². The molecule has 0 bridgehead atoms. The number of halogens is 2. The van der Waals surface area contributed by atoms with Crippen molar-refractivity contribution in [2.75, 3.05) is 0 Å². The van der Waals surface area contributed by atoms with Crippen molar-refractivity contribution in [1.29, 1.82) is 0 Å². The van der Waals surface area contributed by atoms with Gasteiger partial charge in [-0.2, -0.15) is 5.10 Å². The number of aryl methyl sites for hydroxylation is 1. The van der Waals surface area contributed by atoms with Crippen molar-refractivity contribution in [3.8, 4) is 11.1 Å². The predicted octanol–water partition coefficient (Wildman–Crippen LogP) is 3.43. The van der Waals surface area contributed by atoms with Gasteiger partial charge in [-0.25, -0.2) is 13.6 Å². The van der Waals surface area contributed by atoms with Gasteiger partial charge in [-0.15, -0.1) is 0 Å². The molecule has 0 unspecified atom stereocenters. The molecular formula is C21H15F2N3O3. The topological polar surface area (TPSA) is 77.1 Å². The number of aromatic carboxylic acids is 1. The zero-order chi connectivity index (χ0) is 20.7. The third kappa shape index (κ3) is 3.29. The fraction of sp³-hybridized carbons (Fsp3) is 0.0952. The molecule has 146 valence electrons. The molecule has 0 atom stereocenters. The molecule has 0 saturated carbocycles. The molecule has 1 N–H and O–H groups in total. The van der Waals surface area contributed by atoms with Crippen LogP contribution in [0.2, 0.25) is 0 Å². The van der Waals surface area contributed by atoms with Crippen molar-refractivity contribution >= 4 is 16.9 Å². The van der Waals surface area contributed by atoms with Gasteiger partial charge in [-0.1, -0.05) is 18.2 Å². The van der Waals surface area contributed by atoms with Crippen LogP contribution < -0.4 is 5.43 Å². The lowest BCUT2D eigenvalue weighted by Crippen LogP contribution is -2.20. The summed E-state index contributed by atoms with van der Waals surface area (Å²) in [5, 5.41) is 13.0. The molecule has 4 rings (SSSR count). The van der Waals surface area contributed by atoms with E-state index in [9.17, 15) is 23.5 Å². The maximum atomic E-state index is 14.8. The van der Waals surface area contributed by atoms with Crippen LogP contribution in [0, 0.1) is 11.6 Å². The lowest BCUT2D eigenvalue weighted by atomic mass is 10.1. The summed E-state index contributed by atoms with van der Waals surface area (Å²) < 4.78 is 32.0. The van der Waals surface area contributed by atoms with Gasteiger partial charge in [0.15, 0.2) is 0 Å². The first-order valence-electron chi connectivity index (χ1n) is 8.67. The Bertz CT molecular complexity index is 1320. The summed E-state index contributed by atoms with van der Waals surface area (Å²) in [4.78, 5) is 23.8. The Morgan fingerprint density at radius 3 is 2.55 bits per heavy atom. The Hall–Kier alpha value is -3.81. The molecule has 2 aromatic heterocycles. The molecule has 0 aliphatic carbocycles. The van der Waals surface area contributed by atoms with Crippen LogP contribution in [0.4, 0.5) is 8.78 Å². The number of carboxylic acid groups (broad SMARTS) is 1. The largest absolute Gasteiger partial charge is 0.477 e. The average Bonchev–Trinajstić information content (AvgIpc) is 3.11. The molecule has 0 aliphatic rings. The standard InChI is InChI=1S/C21H15F2N3O3/c1-25-9-14(8-24-25)12-5-6-13(17(23)7-12)10-26-11-15(21(28)29)20(27)19-16(22)3-2-4-18(19)26/h2-9,11H,10H2,1H3,(H,28,29). The number of carboxylic acids is 1. The van der Waals surface area contributed by atoms with Gasteiger partial charge in [0, 0.05) is 30.6 Å². The first-order chi connectivity index (χ1) is 13.8. The van der Waals surface area contributed by atoms with Crippen LogP contribution in [-0.2, 0) is 13.6 Å². The van der Waals surface area contributed by atoms with Gasteiger partial charge in [0.05, 0.1) is 23.6 Å². The number of aromatic nitrogens is 3. The third-order valence-corrected chi connectivity index (χ3v) is 4.72. The number of fused-ring (bicyclic) bond motifs is 1. The molecule has 8 heteroatoms. The summed E-state index contributed by atoms with van der Waals surface area (Å²) in [5.74, 6) is -2.80. The highest BCUT2D eigenvalue weighted by Gasteiger charge is 2.18. The lowest BCUT2D eigenvalue weighted by Gasteiger charge is -2.14. The number of benzene rings is 2. The zero-order valence-electron chi connectivity index (χ0n) is 15.3. The quantitative estimate of drug-likeness (QED) is 0.574.